The van der Waals surface area contributed by atoms with E-state index in [9.17, 15) is 8.42 Å². The molecule has 4 rings (SSSR count). The zero-order chi connectivity index (χ0) is 29.8. The molecule has 0 N–H and O–H groups in total. The first-order valence-corrected chi connectivity index (χ1v) is 18.3. The molecule has 0 bridgehead atoms. The lowest BCUT2D eigenvalue weighted by atomic mass is 9.74. The van der Waals surface area contributed by atoms with Crippen molar-refractivity contribution in [3.8, 4) is 0 Å². The van der Waals surface area contributed by atoms with Crippen molar-refractivity contribution in [3.63, 3.8) is 0 Å². The highest BCUT2D eigenvalue weighted by Crippen LogP contribution is 2.42. The van der Waals surface area contributed by atoms with Gasteiger partial charge < -0.3 is 0 Å². The summed E-state index contributed by atoms with van der Waals surface area (Å²) in [5.41, 5.74) is 4.87. The molecule has 2 aromatic carbocycles. The van der Waals surface area contributed by atoms with Crippen LogP contribution in [0.25, 0.3) is 0 Å². The lowest BCUT2D eigenvalue weighted by molar-refractivity contribution is 0.273. The molecular weight excluding hydrogens is 575 g/mol. The minimum Gasteiger partial charge on any atom is -0.259 e. The van der Waals surface area contributed by atoms with Crippen molar-refractivity contribution in [2.45, 2.75) is 115 Å². The summed E-state index contributed by atoms with van der Waals surface area (Å²) in [5, 5.41) is 1.64. The van der Waals surface area contributed by atoms with Gasteiger partial charge in [0.25, 0.3) is 0 Å². The Kier molecular flexibility index (Phi) is 12.0. The fourth-order valence-electron chi connectivity index (χ4n) is 5.32. The lowest BCUT2D eigenvalue weighted by Crippen LogP contribution is -2.31. The van der Waals surface area contributed by atoms with E-state index >= 15 is 0 Å². The SMILES string of the molecule is Cc1cc([C@@H](C[S@@](=O)C(C)(C)C)C2CCC2)ccc1Cl.Cc1cc([C@H](C[S@@](=O)C(C)(C)C)C2CCC2)ccc1Cl. The average Bonchev–Trinajstić information content (AvgIpc) is 2.78. The van der Waals surface area contributed by atoms with E-state index in [1.807, 2.05) is 26.0 Å². The molecule has 4 atom stereocenters. The minimum absolute atomic E-state index is 0.135. The van der Waals surface area contributed by atoms with Crippen LogP contribution in [0, 0.1) is 25.7 Å². The van der Waals surface area contributed by atoms with Gasteiger partial charge >= 0.3 is 0 Å². The highest BCUT2D eigenvalue weighted by Gasteiger charge is 2.34. The molecule has 0 amide bonds. The maximum Gasteiger partial charge on any atom is 0.0435 e. The Morgan fingerprint density at radius 2 is 1.00 bits per heavy atom. The van der Waals surface area contributed by atoms with Crippen LogP contribution >= 0.6 is 23.2 Å². The van der Waals surface area contributed by atoms with Gasteiger partial charge in [-0.3, -0.25) is 8.42 Å². The third-order valence-electron chi connectivity index (χ3n) is 8.69. The van der Waals surface area contributed by atoms with Gasteiger partial charge in [0, 0.05) is 52.6 Å². The summed E-state index contributed by atoms with van der Waals surface area (Å²) in [6, 6.07) is 12.6. The van der Waals surface area contributed by atoms with Crippen molar-refractivity contribution >= 4 is 44.8 Å². The molecule has 2 saturated carbocycles. The Bertz CT molecular complexity index is 1090. The highest BCUT2D eigenvalue weighted by molar-refractivity contribution is 7.86. The largest absolute Gasteiger partial charge is 0.259 e. The average molecular weight is 626 g/mol. The second-order valence-electron chi connectivity index (χ2n) is 13.9. The zero-order valence-corrected chi connectivity index (χ0v) is 29.0. The Morgan fingerprint density at radius 1 is 0.675 bits per heavy atom. The van der Waals surface area contributed by atoms with Crippen molar-refractivity contribution < 1.29 is 8.42 Å². The molecule has 2 fully saturated rings. The predicted octanol–water partition coefficient (Wildman–Crippen LogP) is 10.2. The summed E-state index contributed by atoms with van der Waals surface area (Å²) < 4.78 is 24.8. The van der Waals surface area contributed by atoms with E-state index in [0.29, 0.717) is 23.7 Å². The molecule has 0 aliphatic heterocycles. The Morgan fingerprint density at radius 3 is 1.23 bits per heavy atom. The third-order valence-corrected chi connectivity index (χ3v) is 13.6. The number of hydrogen-bond acceptors (Lipinski definition) is 2. The summed E-state index contributed by atoms with van der Waals surface area (Å²) in [5.74, 6) is 3.77. The number of hydrogen-bond donors (Lipinski definition) is 0. The van der Waals surface area contributed by atoms with Gasteiger partial charge in [-0.25, -0.2) is 0 Å². The fraction of sp³-hybridized carbons (Fsp3) is 0.647. The van der Waals surface area contributed by atoms with Gasteiger partial charge in [-0.1, -0.05) is 60.3 Å². The van der Waals surface area contributed by atoms with E-state index in [0.717, 1.165) is 32.7 Å². The molecule has 0 spiro atoms. The van der Waals surface area contributed by atoms with Crippen LogP contribution < -0.4 is 0 Å². The maximum atomic E-state index is 12.5. The summed E-state index contributed by atoms with van der Waals surface area (Å²) in [6.07, 6.45) is 7.72. The highest BCUT2D eigenvalue weighted by atomic mass is 35.5. The van der Waals surface area contributed by atoms with E-state index in [1.54, 1.807) is 0 Å². The van der Waals surface area contributed by atoms with Gasteiger partial charge in [0.1, 0.15) is 0 Å². The van der Waals surface area contributed by atoms with Crippen molar-refractivity contribution in [1.29, 1.82) is 0 Å². The topological polar surface area (TPSA) is 34.1 Å². The Labute approximate surface area is 259 Å². The van der Waals surface area contributed by atoms with E-state index in [-0.39, 0.29) is 9.49 Å². The molecule has 2 nitrogen and oxygen atoms in total. The van der Waals surface area contributed by atoms with Gasteiger partial charge in [0.15, 0.2) is 0 Å². The van der Waals surface area contributed by atoms with Gasteiger partial charge in [-0.15, -0.1) is 0 Å². The molecule has 0 aromatic heterocycles. The first-order chi connectivity index (χ1) is 18.6. The number of halogens is 2. The molecule has 6 heteroatoms. The standard InChI is InChI=1S/2C17H25ClOS/c2*1-12-10-14(8-9-16(12)18)15(13-6-5-7-13)11-20(19)17(2,3)4/h2*8-10,13,15H,5-7,11H2,1-4H3/t15-,20+;15-,20-/m01/s1. The molecule has 224 valence electrons. The van der Waals surface area contributed by atoms with Gasteiger partial charge in [0.2, 0.25) is 0 Å². The first kappa shape index (κ1) is 33.8. The number of aryl methyl sites for hydroxylation is 2. The van der Waals surface area contributed by atoms with E-state index in [4.69, 9.17) is 23.2 Å². The summed E-state index contributed by atoms with van der Waals surface area (Å²) in [6.45, 7) is 16.5. The summed E-state index contributed by atoms with van der Waals surface area (Å²) in [7, 11) is -1.60. The summed E-state index contributed by atoms with van der Waals surface area (Å²) in [4.78, 5) is 0. The van der Waals surface area contributed by atoms with Crippen LogP contribution in [0.15, 0.2) is 36.4 Å². The van der Waals surface area contributed by atoms with Crippen molar-refractivity contribution in [2.24, 2.45) is 11.8 Å². The monoisotopic (exact) mass is 624 g/mol. The molecular formula is C34H50Cl2O2S2. The fourth-order valence-corrected chi connectivity index (χ4v) is 8.13. The van der Waals surface area contributed by atoms with Gasteiger partial charge in [-0.2, -0.15) is 0 Å². The summed E-state index contributed by atoms with van der Waals surface area (Å²) >= 11 is 12.3. The second-order valence-corrected chi connectivity index (χ2v) is 19.2. The molecule has 0 saturated heterocycles. The molecule has 0 radical (unpaired) electrons. The van der Waals surface area contributed by atoms with Crippen molar-refractivity contribution in [1.82, 2.24) is 0 Å². The second kappa shape index (κ2) is 14.2. The molecule has 40 heavy (non-hydrogen) atoms. The molecule has 2 aliphatic carbocycles. The Balaban J connectivity index is 0.000000220. The molecule has 2 aromatic rings. The molecule has 2 aliphatic rings. The minimum atomic E-state index is -0.801. The van der Waals surface area contributed by atoms with Crippen molar-refractivity contribution in [3.05, 3.63) is 68.7 Å². The van der Waals surface area contributed by atoms with Crippen LogP contribution in [-0.4, -0.2) is 29.4 Å². The van der Waals surface area contributed by atoms with Crippen LogP contribution in [0.5, 0.6) is 0 Å². The maximum absolute atomic E-state index is 12.5. The van der Waals surface area contributed by atoms with Crippen LogP contribution in [0.4, 0.5) is 0 Å². The first-order valence-electron chi connectivity index (χ1n) is 14.9. The van der Waals surface area contributed by atoms with Crippen LogP contribution in [0.2, 0.25) is 10.0 Å². The van der Waals surface area contributed by atoms with Crippen LogP contribution in [-0.2, 0) is 21.6 Å². The lowest BCUT2D eigenvalue weighted by Gasteiger charge is -2.35. The number of rotatable bonds is 8. The molecule has 0 unspecified atom stereocenters. The Hall–Kier alpha value is -0.680. The van der Waals surface area contributed by atoms with Gasteiger partial charge in [0.05, 0.1) is 0 Å². The van der Waals surface area contributed by atoms with E-state index < -0.39 is 21.6 Å². The van der Waals surface area contributed by atoms with E-state index in [2.05, 4.69) is 65.8 Å². The van der Waals surface area contributed by atoms with Gasteiger partial charge in [-0.05, 0) is 139 Å². The van der Waals surface area contributed by atoms with E-state index in [1.165, 1.54) is 49.7 Å². The predicted molar refractivity (Wildman–Crippen MR) is 178 cm³/mol. The zero-order valence-electron chi connectivity index (χ0n) is 25.8. The normalized spacial score (nSPS) is 19.4. The quantitative estimate of drug-likeness (QED) is 0.293. The third kappa shape index (κ3) is 9.16. The van der Waals surface area contributed by atoms with Crippen LogP contribution in [0.1, 0.15) is 114 Å². The number of benzene rings is 2. The molecule has 0 heterocycles. The van der Waals surface area contributed by atoms with Crippen LogP contribution in [0.3, 0.4) is 0 Å². The van der Waals surface area contributed by atoms with Crippen molar-refractivity contribution in [2.75, 3.05) is 11.5 Å². The smallest absolute Gasteiger partial charge is 0.0435 e.